The van der Waals surface area contributed by atoms with E-state index in [1.165, 1.54) is 12.1 Å². The predicted molar refractivity (Wildman–Crippen MR) is 97.3 cm³/mol. The molecule has 2 aromatic carbocycles. The molecule has 1 saturated heterocycles. The van der Waals surface area contributed by atoms with Gasteiger partial charge < -0.3 is 14.0 Å². The van der Waals surface area contributed by atoms with Gasteiger partial charge in [0.2, 0.25) is 5.89 Å². The molecule has 1 aliphatic rings. The van der Waals surface area contributed by atoms with Crippen LogP contribution in [0.1, 0.15) is 35.7 Å². The molecule has 0 unspecified atom stereocenters. The van der Waals surface area contributed by atoms with Crippen molar-refractivity contribution in [1.29, 1.82) is 0 Å². The molecule has 0 aliphatic carbocycles. The third kappa shape index (κ3) is 3.57. The number of ether oxygens (including phenoxy) is 2. The van der Waals surface area contributed by atoms with Crippen LogP contribution < -0.4 is 4.74 Å². The third-order valence-corrected chi connectivity index (χ3v) is 5.14. The molecule has 27 heavy (non-hydrogen) atoms. The van der Waals surface area contributed by atoms with Gasteiger partial charge in [0.05, 0.1) is 12.5 Å². The second-order valence-corrected chi connectivity index (χ2v) is 6.74. The van der Waals surface area contributed by atoms with Gasteiger partial charge in [0.1, 0.15) is 11.6 Å². The Kier molecular flexibility index (Phi) is 4.90. The molecule has 0 atom stereocenters. The normalized spacial score (nSPS) is 16.2. The first-order valence-electron chi connectivity index (χ1n) is 8.99. The van der Waals surface area contributed by atoms with Crippen LogP contribution in [0.5, 0.6) is 5.75 Å². The number of rotatable bonds is 5. The molecule has 140 valence electrons. The van der Waals surface area contributed by atoms with Crippen LogP contribution in [0.4, 0.5) is 4.39 Å². The third-order valence-electron chi connectivity index (χ3n) is 5.14. The monoisotopic (exact) mass is 368 g/mol. The van der Waals surface area contributed by atoms with Crippen molar-refractivity contribution in [3.63, 3.8) is 0 Å². The summed E-state index contributed by atoms with van der Waals surface area (Å²) in [5, 5.41) is 4.19. The van der Waals surface area contributed by atoms with E-state index in [0.29, 0.717) is 31.3 Å². The summed E-state index contributed by atoms with van der Waals surface area (Å²) in [6.07, 6.45) is 2.02. The van der Waals surface area contributed by atoms with Crippen LogP contribution in [0, 0.1) is 5.82 Å². The number of methoxy groups -OCH3 is 1. The molecule has 1 aromatic heterocycles. The summed E-state index contributed by atoms with van der Waals surface area (Å²) in [6.45, 7) is 1.21. The Morgan fingerprint density at radius 3 is 2.41 bits per heavy atom. The average molecular weight is 368 g/mol. The van der Waals surface area contributed by atoms with Crippen LogP contribution in [0.3, 0.4) is 0 Å². The lowest BCUT2D eigenvalue weighted by atomic mass is 9.74. The zero-order valence-electron chi connectivity index (χ0n) is 15.2. The highest BCUT2D eigenvalue weighted by molar-refractivity contribution is 5.33. The maximum absolute atomic E-state index is 13.4. The Morgan fingerprint density at radius 1 is 1.04 bits per heavy atom. The van der Waals surface area contributed by atoms with E-state index in [9.17, 15) is 4.39 Å². The zero-order valence-corrected chi connectivity index (χ0v) is 15.2. The van der Waals surface area contributed by atoms with E-state index in [1.54, 1.807) is 19.2 Å². The fourth-order valence-electron chi connectivity index (χ4n) is 3.56. The van der Waals surface area contributed by atoms with Crippen molar-refractivity contribution < 1.29 is 18.4 Å². The van der Waals surface area contributed by atoms with E-state index in [4.69, 9.17) is 14.0 Å². The van der Waals surface area contributed by atoms with Crippen molar-refractivity contribution in [3.05, 3.63) is 77.2 Å². The standard InChI is InChI=1S/C21H21FN2O3/c1-25-18-8-2-15(3-9-18)14-19-23-20(27-24-19)21(10-12-26-13-11-21)16-4-6-17(22)7-5-16/h2-9H,10-14H2,1H3. The van der Waals surface area contributed by atoms with Crippen LogP contribution in [0.15, 0.2) is 53.1 Å². The molecule has 3 aromatic rings. The van der Waals surface area contributed by atoms with Gasteiger partial charge >= 0.3 is 0 Å². The van der Waals surface area contributed by atoms with Gasteiger partial charge in [-0.15, -0.1) is 0 Å². The highest BCUT2D eigenvalue weighted by Crippen LogP contribution is 2.40. The summed E-state index contributed by atoms with van der Waals surface area (Å²) < 4.78 is 29.8. The van der Waals surface area contributed by atoms with Gasteiger partial charge in [0.15, 0.2) is 5.82 Å². The summed E-state index contributed by atoms with van der Waals surface area (Å²) in [5.41, 5.74) is 1.62. The van der Waals surface area contributed by atoms with Gasteiger partial charge in [-0.25, -0.2) is 4.39 Å². The van der Waals surface area contributed by atoms with E-state index >= 15 is 0 Å². The van der Waals surface area contributed by atoms with Crippen molar-refractivity contribution in [2.24, 2.45) is 0 Å². The Morgan fingerprint density at radius 2 is 1.74 bits per heavy atom. The van der Waals surface area contributed by atoms with Crippen LogP contribution in [-0.4, -0.2) is 30.5 Å². The molecule has 0 bridgehead atoms. The minimum absolute atomic E-state index is 0.258. The summed E-state index contributed by atoms with van der Waals surface area (Å²) >= 11 is 0. The van der Waals surface area contributed by atoms with Crippen LogP contribution >= 0.6 is 0 Å². The Hall–Kier alpha value is -2.73. The molecule has 4 rings (SSSR count). The second-order valence-electron chi connectivity index (χ2n) is 6.74. The van der Waals surface area contributed by atoms with Crippen molar-refractivity contribution >= 4 is 0 Å². The van der Waals surface area contributed by atoms with Crippen molar-refractivity contribution in [2.75, 3.05) is 20.3 Å². The fraction of sp³-hybridized carbons (Fsp3) is 0.333. The highest BCUT2D eigenvalue weighted by atomic mass is 19.1. The smallest absolute Gasteiger partial charge is 0.237 e. The van der Waals surface area contributed by atoms with Gasteiger partial charge in [0.25, 0.3) is 0 Å². The van der Waals surface area contributed by atoms with E-state index in [1.807, 2.05) is 24.3 Å². The van der Waals surface area contributed by atoms with Crippen molar-refractivity contribution in [2.45, 2.75) is 24.7 Å². The van der Waals surface area contributed by atoms with E-state index in [-0.39, 0.29) is 5.82 Å². The molecule has 1 aliphatic heterocycles. The van der Waals surface area contributed by atoms with Crippen molar-refractivity contribution in [3.8, 4) is 5.75 Å². The maximum Gasteiger partial charge on any atom is 0.237 e. The Labute approximate surface area is 157 Å². The lowest BCUT2D eigenvalue weighted by Crippen LogP contribution is -2.35. The number of aromatic nitrogens is 2. The van der Waals surface area contributed by atoms with Gasteiger partial charge in [-0.2, -0.15) is 4.98 Å². The van der Waals surface area contributed by atoms with Crippen LogP contribution in [-0.2, 0) is 16.6 Å². The first-order valence-corrected chi connectivity index (χ1v) is 8.99. The minimum Gasteiger partial charge on any atom is -0.497 e. The van der Waals surface area contributed by atoms with E-state index in [2.05, 4.69) is 10.1 Å². The van der Waals surface area contributed by atoms with Gasteiger partial charge in [-0.3, -0.25) is 0 Å². The average Bonchev–Trinajstić information content (AvgIpc) is 3.19. The first kappa shape index (κ1) is 17.7. The van der Waals surface area contributed by atoms with Gasteiger partial charge in [-0.1, -0.05) is 29.4 Å². The number of nitrogens with zero attached hydrogens (tertiary/aromatic N) is 2. The largest absolute Gasteiger partial charge is 0.497 e. The van der Waals surface area contributed by atoms with Crippen LogP contribution in [0.2, 0.25) is 0 Å². The molecule has 0 saturated carbocycles. The fourth-order valence-corrected chi connectivity index (χ4v) is 3.56. The minimum atomic E-state index is -0.433. The Balaban J connectivity index is 1.62. The summed E-state index contributed by atoms with van der Waals surface area (Å²) in [5.74, 6) is 1.75. The molecule has 5 nitrogen and oxygen atoms in total. The van der Waals surface area contributed by atoms with Gasteiger partial charge in [0, 0.05) is 19.6 Å². The zero-order chi connectivity index (χ0) is 18.7. The van der Waals surface area contributed by atoms with E-state index in [0.717, 1.165) is 29.7 Å². The molecule has 0 N–H and O–H groups in total. The van der Waals surface area contributed by atoms with Gasteiger partial charge in [-0.05, 0) is 48.2 Å². The molecule has 1 fully saturated rings. The number of benzene rings is 2. The molecule has 6 heteroatoms. The molecular weight excluding hydrogens is 347 g/mol. The Bertz CT molecular complexity index is 885. The molecular formula is C21H21FN2O3. The van der Waals surface area contributed by atoms with E-state index < -0.39 is 5.41 Å². The molecule has 0 spiro atoms. The quantitative estimate of drug-likeness (QED) is 0.684. The molecule has 0 radical (unpaired) electrons. The summed E-state index contributed by atoms with van der Waals surface area (Å²) in [6, 6.07) is 14.3. The van der Waals surface area contributed by atoms with Crippen molar-refractivity contribution in [1.82, 2.24) is 10.1 Å². The van der Waals surface area contributed by atoms with Crippen LogP contribution in [0.25, 0.3) is 0 Å². The number of hydrogen-bond donors (Lipinski definition) is 0. The highest BCUT2D eigenvalue weighted by Gasteiger charge is 2.41. The lowest BCUT2D eigenvalue weighted by Gasteiger charge is -2.34. The SMILES string of the molecule is COc1ccc(Cc2noc(C3(c4ccc(F)cc4)CCOCC3)n2)cc1. The number of halogens is 1. The summed E-state index contributed by atoms with van der Waals surface area (Å²) in [7, 11) is 1.64. The topological polar surface area (TPSA) is 57.4 Å². The lowest BCUT2D eigenvalue weighted by molar-refractivity contribution is 0.0523. The predicted octanol–water partition coefficient (Wildman–Crippen LogP) is 3.90. The first-order chi connectivity index (χ1) is 13.2. The summed E-state index contributed by atoms with van der Waals surface area (Å²) in [4.78, 5) is 4.68. The molecule has 2 heterocycles. The maximum atomic E-state index is 13.4. The molecule has 0 amide bonds. The number of hydrogen-bond acceptors (Lipinski definition) is 5. The second kappa shape index (κ2) is 7.48.